The highest BCUT2D eigenvalue weighted by atomic mass is 16.5. The summed E-state index contributed by atoms with van der Waals surface area (Å²) in [6.45, 7) is 0. The van der Waals surface area contributed by atoms with Gasteiger partial charge in [0.15, 0.2) is 11.5 Å². The number of hydrogen-bond donors (Lipinski definition) is 1. The van der Waals surface area contributed by atoms with Gasteiger partial charge in [-0.25, -0.2) is 0 Å². The third-order valence-electron chi connectivity index (χ3n) is 3.61. The van der Waals surface area contributed by atoms with Gasteiger partial charge in [0, 0.05) is 11.6 Å². The van der Waals surface area contributed by atoms with Crippen molar-refractivity contribution < 1.29 is 23.7 Å². The summed E-state index contributed by atoms with van der Waals surface area (Å²) in [7, 11) is 5.88. The van der Waals surface area contributed by atoms with Gasteiger partial charge in [-0.15, -0.1) is 0 Å². The Kier molecular flexibility index (Phi) is 6.61. The number of carbonyl (C=O) groups is 1. The first-order valence-electron chi connectivity index (χ1n) is 7.80. The first-order valence-corrected chi connectivity index (χ1v) is 7.80. The molecule has 2 rings (SSSR count). The maximum atomic E-state index is 12.7. The monoisotopic (exact) mass is 369 g/mol. The van der Waals surface area contributed by atoms with Crippen molar-refractivity contribution in [2.75, 3.05) is 33.9 Å². The minimum Gasteiger partial charge on any atom is -0.497 e. The van der Waals surface area contributed by atoms with Crippen molar-refractivity contribution >= 4 is 17.2 Å². The van der Waals surface area contributed by atoms with E-state index in [0.717, 1.165) is 0 Å². The van der Waals surface area contributed by atoms with E-state index < -0.39 is 5.78 Å². The Morgan fingerprint density at radius 3 is 2.19 bits per heavy atom. The molecule has 0 heterocycles. The largest absolute Gasteiger partial charge is 0.497 e. The van der Waals surface area contributed by atoms with Crippen LogP contribution in [-0.2, 0) is 0 Å². The third-order valence-corrected chi connectivity index (χ3v) is 3.61. The zero-order valence-electron chi connectivity index (χ0n) is 15.4. The van der Waals surface area contributed by atoms with Crippen LogP contribution in [0.1, 0.15) is 10.4 Å². The van der Waals surface area contributed by atoms with Crippen LogP contribution in [0.25, 0.3) is 0 Å². The highest BCUT2D eigenvalue weighted by Crippen LogP contribution is 2.38. The number of methoxy groups -OCH3 is 4. The van der Waals surface area contributed by atoms with Gasteiger partial charge in [-0.3, -0.25) is 10.2 Å². The second-order valence-electron chi connectivity index (χ2n) is 5.16. The molecule has 0 spiro atoms. The van der Waals surface area contributed by atoms with Gasteiger partial charge in [0.05, 0.1) is 34.1 Å². The number of ketones is 1. The Balaban J connectivity index is 2.34. The Morgan fingerprint density at radius 2 is 1.67 bits per heavy atom. The number of nitrogens with one attached hydrogen (secondary N) is 1. The normalized spacial score (nSPS) is 10.6. The van der Waals surface area contributed by atoms with Crippen molar-refractivity contribution in [2.24, 2.45) is 5.10 Å². The van der Waals surface area contributed by atoms with Crippen LogP contribution >= 0.6 is 0 Å². The molecule has 8 nitrogen and oxygen atoms in total. The Labute approximate surface area is 156 Å². The SMILES string of the molecule is COc1cccc(N/N=C(\C#N)C(=O)c2cc(OC)c(OC)c(OC)c2)c1. The molecule has 27 heavy (non-hydrogen) atoms. The number of rotatable bonds is 8. The van der Waals surface area contributed by atoms with E-state index in [-0.39, 0.29) is 11.3 Å². The van der Waals surface area contributed by atoms with Crippen molar-refractivity contribution in [2.45, 2.75) is 0 Å². The minimum atomic E-state index is -0.591. The van der Waals surface area contributed by atoms with Crippen molar-refractivity contribution in [3.63, 3.8) is 0 Å². The number of nitriles is 1. The van der Waals surface area contributed by atoms with Crippen molar-refractivity contribution in [1.82, 2.24) is 0 Å². The Bertz CT molecular complexity index is 877. The summed E-state index contributed by atoms with van der Waals surface area (Å²) in [5.74, 6) is 0.981. The molecule has 0 radical (unpaired) electrons. The molecule has 0 saturated carbocycles. The third kappa shape index (κ3) is 4.46. The predicted molar refractivity (Wildman–Crippen MR) is 100 cm³/mol. The van der Waals surface area contributed by atoms with Gasteiger partial charge in [0.25, 0.3) is 0 Å². The van der Waals surface area contributed by atoms with E-state index in [0.29, 0.717) is 28.7 Å². The van der Waals surface area contributed by atoms with E-state index in [9.17, 15) is 10.1 Å². The summed E-state index contributed by atoms with van der Waals surface area (Å²) in [4.78, 5) is 12.7. The summed E-state index contributed by atoms with van der Waals surface area (Å²) in [5, 5.41) is 13.2. The van der Waals surface area contributed by atoms with Crippen LogP contribution in [-0.4, -0.2) is 39.9 Å². The zero-order chi connectivity index (χ0) is 19.8. The van der Waals surface area contributed by atoms with E-state index in [2.05, 4.69) is 10.5 Å². The summed E-state index contributed by atoms with van der Waals surface area (Å²) in [6, 6.07) is 11.6. The van der Waals surface area contributed by atoms with Crippen molar-refractivity contribution in [3.8, 4) is 29.1 Å². The van der Waals surface area contributed by atoms with Crippen LogP contribution in [0.4, 0.5) is 5.69 Å². The topological polar surface area (TPSA) is 102 Å². The molecule has 0 aliphatic carbocycles. The average Bonchev–Trinajstić information content (AvgIpc) is 2.72. The Morgan fingerprint density at radius 1 is 1.00 bits per heavy atom. The number of anilines is 1. The number of nitrogens with zero attached hydrogens (tertiary/aromatic N) is 2. The molecule has 0 saturated heterocycles. The molecule has 0 aliphatic rings. The van der Waals surface area contributed by atoms with Gasteiger partial charge in [-0.2, -0.15) is 10.4 Å². The van der Waals surface area contributed by atoms with Gasteiger partial charge in [-0.1, -0.05) is 6.07 Å². The molecule has 2 aromatic carbocycles. The van der Waals surface area contributed by atoms with E-state index >= 15 is 0 Å². The molecule has 0 bridgehead atoms. The van der Waals surface area contributed by atoms with Gasteiger partial charge in [0.1, 0.15) is 11.8 Å². The maximum Gasteiger partial charge on any atom is 0.224 e. The predicted octanol–water partition coefficient (Wildman–Crippen LogP) is 2.90. The van der Waals surface area contributed by atoms with Crippen molar-refractivity contribution in [3.05, 3.63) is 42.0 Å². The first kappa shape index (κ1) is 19.6. The molecule has 0 unspecified atom stereocenters. The summed E-state index contributed by atoms with van der Waals surface area (Å²) in [5.41, 5.74) is 3.10. The molecule has 2 aromatic rings. The molecule has 8 heteroatoms. The van der Waals surface area contributed by atoms with Crippen LogP contribution in [0.15, 0.2) is 41.5 Å². The molecule has 1 N–H and O–H groups in total. The number of Topliss-reactive ketones (excluding diaryl/α,β-unsaturated/α-hetero) is 1. The van der Waals surface area contributed by atoms with Crippen LogP contribution in [0.5, 0.6) is 23.0 Å². The number of carbonyl (C=O) groups excluding carboxylic acids is 1. The molecule has 0 amide bonds. The summed E-state index contributed by atoms with van der Waals surface area (Å²) < 4.78 is 20.8. The van der Waals surface area contributed by atoms with Crippen LogP contribution in [0.2, 0.25) is 0 Å². The second-order valence-corrected chi connectivity index (χ2v) is 5.16. The van der Waals surface area contributed by atoms with E-state index in [1.165, 1.54) is 40.6 Å². The fourth-order valence-corrected chi connectivity index (χ4v) is 2.29. The lowest BCUT2D eigenvalue weighted by molar-refractivity contribution is 0.106. The lowest BCUT2D eigenvalue weighted by Gasteiger charge is -2.13. The minimum absolute atomic E-state index is 0.178. The molecule has 0 atom stereocenters. The van der Waals surface area contributed by atoms with Gasteiger partial charge in [-0.05, 0) is 24.3 Å². The lowest BCUT2D eigenvalue weighted by atomic mass is 10.1. The molecular formula is C19H19N3O5. The lowest BCUT2D eigenvalue weighted by Crippen LogP contribution is -2.15. The summed E-state index contributed by atoms with van der Waals surface area (Å²) in [6.07, 6.45) is 0. The van der Waals surface area contributed by atoms with Crippen LogP contribution in [0.3, 0.4) is 0 Å². The first-order chi connectivity index (χ1) is 13.1. The average molecular weight is 369 g/mol. The van der Waals surface area contributed by atoms with E-state index in [1.54, 1.807) is 30.3 Å². The fraction of sp³-hybridized carbons (Fsp3) is 0.211. The maximum absolute atomic E-state index is 12.7. The molecule has 0 fully saturated rings. The number of hydrogen-bond acceptors (Lipinski definition) is 8. The van der Waals surface area contributed by atoms with E-state index in [1.807, 2.05) is 0 Å². The highest BCUT2D eigenvalue weighted by Gasteiger charge is 2.20. The number of hydrazone groups is 1. The number of ether oxygens (including phenoxy) is 4. The van der Waals surface area contributed by atoms with Gasteiger partial charge >= 0.3 is 0 Å². The zero-order valence-corrected chi connectivity index (χ0v) is 15.4. The second kappa shape index (κ2) is 9.10. The van der Waals surface area contributed by atoms with Gasteiger partial charge in [0.2, 0.25) is 17.2 Å². The standard InChI is InChI=1S/C19H19N3O5/c1-24-14-7-5-6-13(10-14)21-22-15(11-20)18(23)12-8-16(25-2)19(27-4)17(9-12)26-3/h5-10,21H,1-4H3/b22-15+. The molecule has 0 aromatic heterocycles. The van der Waals surface area contributed by atoms with E-state index in [4.69, 9.17) is 18.9 Å². The Hall–Kier alpha value is -3.73. The quantitative estimate of drug-likeness (QED) is 0.433. The van der Waals surface area contributed by atoms with Crippen molar-refractivity contribution in [1.29, 1.82) is 5.26 Å². The fourth-order valence-electron chi connectivity index (χ4n) is 2.29. The van der Waals surface area contributed by atoms with Crippen LogP contribution in [0, 0.1) is 11.3 Å². The molecular weight excluding hydrogens is 350 g/mol. The molecule has 140 valence electrons. The number of benzene rings is 2. The summed E-state index contributed by atoms with van der Waals surface area (Å²) >= 11 is 0. The van der Waals surface area contributed by atoms with Gasteiger partial charge < -0.3 is 18.9 Å². The molecule has 0 aliphatic heterocycles. The highest BCUT2D eigenvalue weighted by molar-refractivity contribution is 6.51. The smallest absolute Gasteiger partial charge is 0.224 e. The van der Waals surface area contributed by atoms with Crippen LogP contribution < -0.4 is 24.4 Å².